The minimum atomic E-state index is -0.695. The summed E-state index contributed by atoms with van der Waals surface area (Å²) >= 11 is 1.86. The van der Waals surface area contributed by atoms with Crippen LogP contribution in [0.15, 0.2) is 29.2 Å². The molecule has 0 aromatic heterocycles. The Labute approximate surface area is 130 Å². The Morgan fingerprint density at radius 2 is 2.10 bits per heavy atom. The predicted octanol–water partition coefficient (Wildman–Crippen LogP) is 3.61. The van der Waals surface area contributed by atoms with Crippen molar-refractivity contribution in [2.75, 3.05) is 0 Å². The Hall–Kier alpha value is -1.00. The quantitative estimate of drug-likeness (QED) is 0.872. The topological polar surface area (TPSA) is 49.3 Å². The van der Waals surface area contributed by atoms with E-state index in [4.69, 9.17) is 0 Å². The van der Waals surface area contributed by atoms with Gasteiger partial charge in [0.15, 0.2) is 0 Å². The first-order chi connectivity index (χ1) is 10.1. The highest BCUT2D eigenvalue weighted by Crippen LogP contribution is 2.40. The zero-order chi connectivity index (χ0) is 14.9. The van der Waals surface area contributed by atoms with Gasteiger partial charge in [0.2, 0.25) is 0 Å². The fourth-order valence-corrected chi connectivity index (χ4v) is 4.62. The summed E-state index contributed by atoms with van der Waals surface area (Å²) in [6.45, 7) is 2.12. The van der Waals surface area contributed by atoms with Gasteiger partial charge < -0.3 is 5.11 Å². The van der Waals surface area contributed by atoms with Crippen LogP contribution in [0.3, 0.4) is 0 Å². The third-order valence-corrected chi connectivity index (χ3v) is 6.01. The molecule has 2 aliphatic carbocycles. The van der Waals surface area contributed by atoms with Crippen LogP contribution >= 0.6 is 11.8 Å². The lowest BCUT2D eigenvalue weighted by atomic mass is 9.81. The summed E-state index contributed by atoms with van der Waals surface area (Å²) in [7, 11) is 0. The lowest BCUT2D eigenvalue weighted by Gasteiger charge is -2.38. The van der Waals surface area contributed by atoms with Crippen LogP contribution in [-0.4, -0.2) is 27.9 Å². The molecule has 0 aliphatic heterocycles. The maximum Gasteiger partial charge on any atom is 0.323 e. The van der Waals surface area contributed by atoms with Crippen LogP contribution in [0.4, 0.5) is 0 Å². The summed E-state index contributed by atoms with van der Waals surface area (Å²) in [5, 5.41) is 13.5. The second kappa shape index (κ2) is 6.01. The van der Waals surface area contributed by atoms with Gasteiger partial charge in [0.25, 0.3) is 0 Å². The molecule has 1 aromatic rings. The molecule has 2 atom stereocenters. The molecule has 0 spiro atoms. The van der Waals surface area contributed by atoms with E-state index >= 15 is 0 Å². The highest BCUT2D eigenvalue weighted by molar-refractivity contribution is 8.00. The van der Waals surface area contributed by atoms with Gasteiger partial charge in [-0.2, -0.15) is 0 Å². The van der Waals surface area contributed by atoms with E-state index in [1.165, 1.54) is 10.5 Å². The minimum absolute atomic E-state index is 0.391. The number of thioether (sulfide) groups is 1. The number of carboxylic acids is 1. The number of nitrogens with one attached hydrogen (secondary N) is 1. The number of hydrogen-bond donors (Lipinski definition) is 2. The summed E-state index contributed by atoms with van der Waals surface area (Å²) in [5.41, 5.74) is 0.587. The molecule has 0 bridgehead atoms. The average Bonchev–Trinajstić information content (AvgIpc) is 3.25. The van der Waals surface area contributed by atoms with E-state index in [0.717, 1.165) is 38.5 Å². The van der Waals surface area contributed by atoms with E-state index in [1.54, 1.807) is 0 Å². The highest BCUT2D eigenvalue weighted by atomic mass is 32.2. The minimum Gasteiger partial charge on any atom is -0.480 e. The van der Waals surface area contributed by atoms with Crippen molar-refractivity contribution < 1.29 is 9.90 Å². The number of carboxylic acid groups (broad SMARTS) is 1. The summed E-state index contributed by atoms with van der Waals surface area (Å²) in [6, 6.07) is 8.81. The molecule has 2 aliphatic rings. The molecule has 114 valence electrons. The Bertz CT molecular complexity index is 529. The van der Waals surface area contributed by atoms with Gasteiger partial charge in [-0.1, -0.05) is 18.2 Å². The molecular formula is C17H23NO2S. The molecule has 4 heteroatoms. The van der Waals surface area contributed by atoms with Crippen molar-refractivity contribution in [3.05, 3.63) is 29.8 Å². The van der Waals surface area contributed by atoms with Crippen LogP contribution in [-0.2, 0) is 4.79 Å². The molecule has 0 heterocycles. The number of aliphatic carboxylic acids is 1. The largest absolute Gasteiger partial charge is 0.480 e. The molecule has 2 N–H and O–H groups in total. The first-order valence-corrected chi connectivity index (χ1v) is 8.70. The van der Waals surface area contributed by atoms with E-state index in [2.05, 4.69) is 36.5 Å². The molecule has 21 heavy (non-hydrogen) atoms. The van der Waals surface area contributed by atoms with Gasteiger partial charge in [0, 0.05) is 16.2 Å². The average molecular weight is 305 g/mol. The van der Waals surface area contributed by atoms with Crippen molar-refractivity contribution in [3.8, 4) is 0 Å². The van der Waals surface area contributed by atoms with Gasteiger partial charge in [-0.25, -0.2) is 0 Å². The smallest absolute Gasteiger partial charge is 0.323 e. The van der Waals surface area contributed by atoms with Crippen LogP contribution in [0.1, 0.15) is 44.1 Å². The number of benzene rings is 1. The van der Waals surface area contributed by atoms with Gasteiger partial charge in [0.1, 0.15) is 5.54 Å². The van der Waals surface area contributed by atoms with Gasteiger partial charge in [-0.3, -0.25) is 10.1 Å². The van der Waals surface area contributed by atoms with Crippen LogP contribution in [0.5, 0.6) is 0 Å². The van der Waals surface area contributed by atoms with Crippen molar-refractivity contribution in [1.29, 1.82) is 0 Å². The standard InChI is InChI=1S/C17H23NO2S/c1-12-5-2-3-7-15(12)21-14-6-4-10-17(11-14,16(19)20)18-13-8-9-13/h2-3,5,7,13-14,18H,4,6,8-11H2,1H3,(H,19,20). The molecule has 1 aromatic carbocycles. The monoisotopic (exact) mass is 305 g/mol. The molecule has 2 fully saturated rings. The maximum absolute atomic E-state index is 11.8. The lowest BCUT2D eigenvalue weighted by molar-refractivity contribution is -0.146. The van der Waals surface area contributed by atoms with Gasteiger partial charge in [-0.05, 0) is 57.1 Å². The maximum atomic E-state index is 11.8. The summed E-state index contributed by atoms with van der Waals surface area (Å²) in [5.74, 6) is -0.663. The molecule has 3 rings (SSSR count). The fourth-order valence-electron chi connectivity index (χ4n) is 3.20. The van der Waals surface area contributed by atoms with Gasteiger partial charge in [0.05, 0.1) is 0 Å². The number of carbonyl (C=O) groups is 1. The van der Waals surface area contributed by atoms with E-state index < -0.39 is 11.5 Å². The van der Waals surface area contributed by atoms with E-state index in [0.29, 0.717) is 11.3 Å². The first-order valence-electron chi connectivity index (χ1n) is 7.82. The Kier molecular flexibility index (Phi) is 4.27. The third-order valence-electron chi connectivity index (χ3n) is 4.56. The van der Waals surface area contributed by atoms with Crippen LogP contribution in [0.2, 0.25) is 0 Å². The second-order valence-electron chi connectivity index (χ2n) is 6.41. The van der Waals surface area contributed by atoms with E-state index in [1.807, 2.05) is 11.8 Å². The zero-order valence-electron chi connectivity index (χ0n) is 12.5. The van der Waals surface area contributed by atoms with Crippen molar-refractivity contribution in [3.63, 3.8) is 0 Å². The van der Waals surface area contributed by atoms with Crippen molar-refractivity contribution in [2.24, 2.45) is 0 Å². The Morgan fingerprint density at radius 1 is 1.33 bits per heavy atom. The molecule has 0 amide bonds. The molecule has 2 unspecified atom stereocenters. The first kappa shape index (κ1) is 14.9. The van der Waals surface area contributed by atoms with Crippen molar-refractivity contribution in [1.82, 2.24) is 5.32 Å². The summed E-state index contributed by atoms with van der Waals surface area (Å²) < 4.78 is 0. The second-order valence-corrected chi connectivity index (χ2v) is 7.75. The van der Waals surface area contributed by atoms with Gasteiger partial charge >= 0.3 is 5.97 Å². The fraction of sp³-hybridized carbons (Fsp3) is 0.588. The van der Waals surface area contributed by atoms with Crippen molar-refractivity contribution in [2.45, 2.75) is 67.2 Å². The lowest BCUT2D eigenvalue weighted by Crippen LogP contribution is -2.56. The number of hydrogen-bond acceptors (Lipinski definition) is 3. The normalized spacial score (nSPS) is 29.3. The SMILES string of the molecule is Cc1ccccc1SC1CCCC(NC2CC2)(C(=O)O)C1. The number of rotatable bonds is 5. The molecule has 3 nitrogen and oxygen atoms in total. The highest BCUT2D eigenvalue weighted by Gasteiger charge is 2.46. The Morgan fingerprint density at radius 3 is 2.76 bits per heavy atom. The molecule has 0 radical (unpaired) electrons. The van der Waals surface area contributed by atoms with Crippen molar-refractivity contribution >= 4 is 17.7 Å². The van der Waals surface area contributed by atoms with Crippen LogP contribution in [0.25, 0.3) is 0 Å². The predicted molar refractivity (Wildman–Crippen MR) is 85.8 cm³/mol. The molecule has 2 saturated carbocycles. The van der Waals surface area contributed by atoms with Crippen LogP contribution in [0, 0.1) is 6.92 Å². The van der Waals surface area contributed by atoms with Gasteiger partial charge in [-0.15, -0.1) is 11.8 Å². The summed E-state index contributed by atoms with van der Waals surface area (Å²) in [6.07, 6.45) is 5.87. The molecular weight excluding hydrogens is 282 g/mol. The zero-order valence-corrected chi connectivity index (χ0v) is 13.3. The summed E-state index contributed by atoms with van der Waals surface area (Å²) in [4.78, 5) is 13.1. The van der Waals surface area contributed by atoms with E-state index in [9.17, 15) is 9.90 Å². The number of aryl methyl sites for hydroxylation is 1. The molecule has 0 saturated heterocycles. The third kappa shape index (κ3) is 3.43. The van der Waals surface area contributed by atoms with E-state index in [-0.39, 0.29) is 0 Å². The van der Waals surface area contributed by atoms with Crippen LogP contribution < -0.4 is 5.32 Å². The Balaban J connectivity index is 1.72.